The maximum Gasteiger partial charge on any atom is 0.287 e. The van der Waals surface area contributed by atoms with Crippen molar-refractivity contribution in [3.63, 3.8) is 0 Å². The van der Waals surface area contributed by atoms with Crippen LogP contribution in [-0.4, -0.2) is 55.5 Å². The molecule has 0 aliphatic carbocycles. The minimum absolute atomic E-state index is 0.0710. The summed E-state index contributed by atoms with van der Waals surface area (Å²) in [5.74, 6) is -0.514. The molecular weight excluding hydrogens is 380 g/mol. The maximum atomic E-state index is 12.9. The largest absolute Gasteiger partial charge is 0.459 e. The molecular formula is C23H32N4O3. The van der Waals surface area contributed by atoms with Crippen LogP contribution in [0.2, 0.25) is 0 Å². The highest BCUT2D eigenvalue weighted by Gasteiger charge is 2.26. The Morgan fingerprint density at radius 2 is 1.87 bits per heavy atom. The van der Waals surface area contributed by atoms with Gasteiger partial charge in [0.2, 0.25) is 5.91 Å². The number of hydrogen-bond donors (Lipinski definition) is 2. The molecule has 1 aliphatic heterocycles. The SMILES string of the molecule is CCN1CCN(c2ccc(NC(=O)C(NC(=O)c3ccco3)C(C)C)c(C)c2)CC1. The molecule has 1 aliphatic rings. The summed E-state index contributed by atoms with van der Waals surface area (Å²) < 4.78 is 5.13. The zero-order valence-corrected chi connectivity index (χ0v) is 18.3. The first kappa shape index (κ1) is 21.9. The summed E-state index contributed by atoms with van der Waals surface area (Å²) in [7, 11) is 0. The van der Waals surface area contributed by atoms with Gasteiger partial charge in [-0.15, -0.1) is 0 Å². The second-order valence-electron chi connectivity index (χ2n) is 8.08. The number of piperazine rings is 1. The molecule has 7 heteroatoms. The molecule has 2 heterocycles. The van der Waals surface area contributed by atoms with Gasteiger partial charge in [-0.3, -0.25) is 9.59 Å². The highest BCUT2D eigenvalue weighted by Crippen LogP contribution is 2.24. The number of nitrogens with one attached hydrogen (secondary N) is 2. The Bertz CT molecular complexity index is 855. The second kappa shape index (κ2) is 9.80. The third-order valence-electron chi connectivity index (χ3n) is 5.63. The number of carbonyl (C=O) groups excluding carboxylic acids is 2. The van der Waals surface area contributed by atoms with Crippen LogP contribution in [0.15, 0.2) is 41.0 Å². The summed E-state index contributed by atoms with van der Waals surface area (Å²) in [6.45, 7) is 13.2. The van der Waals surface area contributed by atoms with Crippen molar-refractivity contribution in [2.75, 3.05) is 42.9 Å². The zero-order chi connectivity index (χ0) is 21.7. The molecule has 7 nitrogen and oxygen atoms in total. The first-order valence-corrected chi connectivity index (χ1v) is 10.6. The molecule has 1 aromatic heterocycles. The number of hydrogen-bond acceptors (Lipinski definition) is 5. The summed E-state index contributed by atoms with van der Waals surface area (Å²) in [6, 6.07) is 8.67. The third kappa shape index (κ3) is 5.21. The van der Waals surface area contributed by atoms with Crippen molar-refractivity contribution in [2.45, 2.75) is 33.7 Å². The summed E-state index contributed by atoms with van der Waals surface area (Å²) in [5, 5.41) is 5.75. The van der Waals surface area contributed by atoms with Gasteiger partial charge in [-0.25, -0.2) is 0 Å². The average molecular weight is 413 g/mol. The Hall–Kier alpha value is -2.80. The van der Waals surface area contributed by atoms with Crippen LogP contribution in [-0.2, 0) is 4.79 Å². The fourth-order valence-corrected chi connectivity index (χ4v) is 3.67. The number of rotatable bonds is 7. The third-order valence-corrected chi connectivity index (χ3v) is 5.63. The number of aryl methyl sites for hydroxylation is 1. The maximum absolute atomic E-state index is 12.9. The first-order chi connectivity index (χ1) is 14.4. The summed E-state index contributed by atoms with van der Waals surface area (Å²) in [4.78, 5) is 30.0. The molecule has 3 rings (SSSR count). The van der Waals surface area contributed by atoms with E-state index in [9.17, 15) is 9.59 Å². The van der Waals surface area contributed by atoms with Crippen molar-refractivity contribution < 1.29 is 14.0 Å². The number of furan rings is 1. The quantitative estimate of drug-likeness (QED) is 0.731. The lowest BCUT2D eigenvalue weighted by Gasteiger charge is -2.35. The Kier molecular flexibility index (Phi) is 7.15. The van der Waals surface area contributed by atoms with Crippen LogP contribution in [0, 0.1) is 12.8 Å². The molecule has 162 valence electrons. The lowest BCUT2D eigenvalue weighted by Crippen LogP contribution is -2.47. The van der Waals surface area contributed by atoms with Gasteiger partial charge in [0.15, 0.2) is 5.76 Å². The van der Waals surface area contributed by atoms with Crippen molar-refractivity contribution in [3.05, 3.63) is 47.9 Å². The van der Waals surface area contributed by atoms with Crippen LogP contribution >= 0.6 is 0 Å². The molecule has 1 saturated heterocycles. The number of anilines is 2. The fraction of sp³-hybridized carbons (Fsp3) is 0.478. The number of amides is 2. The monoisotopic (exact) mass is 412 g/mol. The van der Waals surface area contributed by atoms with E-state index in [0.29, 0.717) is 0 Å². The van der Waals surface area contributed by atoms with Crippen molar-refractivity contribution in [1.82, 2.24) is 10.2 Å². The number of likely N-dealkylation sites (N-methyl/N-ethyl adjacent to an activating group) is 1. The topological polar surface area (TPSA) is 77.8 Å². The van der Waals surface area contributed by atoms with E-state index < -0.39 is 11.9 Å². The lowest BCUT2D eigenvalue weighted by atomic mass is 10.0. The molecule has 1 atom stereocenters. The molecule has 2 N–H and O–H groups in total. The first-order valence-electron chi connectivity index (χ1n) is 10.6. The normalized spacial score (nSPS) is 15.8. The van der Waals surface area contributed by atoms with Crippen LogP contribution in [0.3, 0.4) is 0 Å². The van der Waals surface area contributed by atoms with Crippen LogP contribution in [0.1, 0.15) is 36.9 Å². The Morgan fingerprint density at radius 3 is 2.43 bits per heavy atom. The van der Waals surface area contributed by atoms with Gasteiger partial charge >= 0.3 is 0 Å². The molecule has 1 fully saturated rings. The van der Waals surface area contributed by atoms with E-state index in [2.05, 4.69) is 39.5 Å². The zero-order valence-electron chi connectivity index (χ0n) is 18.3. The number of nitrogens with zero attached hydrogens (tertiary/aromatic N) is 2. The number of benzene rings is 1. The van der Waals surface area contributed by atoms with Gasteiger partial charge < -0.3 is 24.9 Å². The molecule has 30 heavy (non-hydrogen) atoms. The molecule has 1 unspecified atom stereocenters. The molecule has 0 saturated carbocycles. The molecule has 0 radical (unpaired) electrons. The molecule has 2 aromatic rings. The summed E-state index contributed by atoms with van der Waals surface area (Å²) in [5.41, 5.74) is 2.93. The van der Waals surface area contributed by atoms with Gasteiger partial charge in [-0.05, 0) is 55.3 Å². The highest BCUT2D eigenvalue weighted by molar-refractivity contribution is 6.00. The fourth-order valence-electron chi connectivity index (χ4n) is 3.67. The van der Waals surface area contributed by atoms with Gasteiger partial charge in [-0.2, -0.15) is 0 Å². The smallest absolute Gasteiger partial charge is 0.287 e. The van der Waals surface area contributed by atoms with E-state index in [4.69, 9.17) is 4.42 Å². The van der Waals surface area contributed by atoms with E-state index in [1.807, 2.05) is 26.8 Å². The molecule has 1 aromatic carbocycles. The minimum atomic E-state index is -0.663. The van der Waals surface area contributed by atoms with Gasteiger partial charge in [-0.1, -0.05) is 20.8 Å². The van der Waals surface area contributed by atoms with Crippen LogP contribution < -0.4 is 15.5 Å². The predicted molar refractivity (Wildman–Crippen MR) is 119 cm³/mol. The second-order valence-corrected chi connectivity index (χ2v) is 8.08. The standard InChI is InChI=1S/C23H32N4O3/c1-5-26-10-12-27(13-11-26)18-8-9-19(17(4)15-18)24-23(29)21(16(2)3)25-22(28)20-7-6-14-30-20/h6-9,14-16,21H,5,10-13H2,1-4H3,(H,24,29)(H,25,28). The lowest BCUT2D eigenvalue weighted by molar-refractivity contribution is -0.118. The van der Waals surface area contributed by atoms with Gasteiger partial charge in [0.1, 0.15) is 6.04 Å². The van der Waals surface area contributed by atoms with Crippen molar-refractivity contribution in [3.8, 4) is 0 Å². The van der Waals surface area contributed by atoms with E-state index >= 15 is 0 Å². The van der Waals surface area contributed by atoms with Crippen LogP contribution in [0.5, 0.6) is 0 Å². The Morgan fingerprint density at radius 1 is 1.13 bits per heavy atom. The van der Waals surface area contributed by atoms with Crippen molar-refractivity contribution in [2.24, 2.45) is 5.92 Å². The van der Waals surface area contributed by atoms with Gasteiger partial charge in [0, 0.05) is 37.6 Å². The van der Waals surface area contributed by atoms with E-state index in [1.165, 1.54) is 12.0 Å². The van der Waals surface area contributed by atoms with Gasteiger partial charge in [0.05, 0.1) is 6.26 Å². The predicted octanol–water partition coefficient (Wildman–Crippen LogP) is 3.12. The van der Waals surface area contributed by atoms with Crippen molar-refractivity contribution in [1.29, 1.82) is 0 Å². The summed E-state index contributed by atoms with van der Waals surface area (Å²) in [6.07, 6.45) is 1.44. The minimum Gasteiger partial charge on any atom is -0.459 e. The van der Waals surface area contributed by atoms with Crippen LogP contribution in [0.25, 0.3) is 0 Å². The molecule has 0 bridgehead atoms. The van der Waals surface area contributed by atoms with E-state index in [-0.39, 0.29) is 17.6 Å². The van der Waals surface area contributed by atoms with Gasteiger partial charge in [0.25, 0.3) is 5.91 Å². The van der Waals surface area contributed by atoms with E-state index in [0.717, 1.165) is 44.0 Å². The van der Waals surface area contributed by atoms with Crippen molar-refractivity contribution >= 4 is 23.2 Å². The van der Waals surface area contributed by atoms with Crippen LogP contribution in [0.4, 0.5) is 11.4 Å². The molecule has 2 amide bonds. The Labute approximate surface area is 178 Å². The Balaban J connectivity index is 1.65. The van der Waals surface area contributed by atoms with E-state index in [1.54, 1.807) is 12.1 Å². The summed E-state index contributed by atoms with van der Waals surface area (Å²) >= 11 is 0. The average Bonchev–Trinajstić information content (AvgIpc) is 3.28. The highest BCUT2D eigenvalue weighted by atomic mass is 16.3. The molecule has 0 spiro atoms. The number of carbonyl (C=O) groups is 2.